The van der Waals surface area contributed by atoms with Gasteiger partial charge in [0.1, 0.15) is 18.1 Å². The molecule has 39 heavy (non-hydrogen) atoms. The molecule has 1 aromatic carbocycles. The first-order chi connectivity index (χ1) is 17.9. The number of halogens is 3. The molecule has 1 aliphatic heterocycles. The van der Waals surface area contributed by atoms with E-state index in [1.165, 1.54) is 31.7 Å². The number of sulfonamides is 1. The van der Waals surface area contributed by atoms with E-state index in [4.69, 9.17) is 0 Å². The molecule has 210 valence electrons. The van der Waals surface area contributed by atoms with Crippen LogP contribution in [-0.2, 0) is 19.6 Å². The van der Waals surface area contributed by atoms with E-state index in [-0.39, 0.29) is 23.8 Å². The highest BCUT2D eigenvalue weighted by Crippen LogP contribution is 2.65. The predicted molar refractivity (Wildman–Crippen MR) is 136 cm³/mol. The third-order valence-electron chi connectivity index (χ3n) is 7.88. The van der Waals surface area contributed by atoms with Gasteiger partial charge in [0.25, 0.3) is 0 Å². The first kappa shape index (κ1) is 28.8. The second kappa shape index (κ2) is 9.45. The molecule has 2 aromatic rings. The monoisotopic (exact) mass is 565 g/mol. The van der Waals surface area contributed by atoms with Gasteiger partial charge in [-0.2, -0.15) is 23.2 Å². The van der Waals surface area contributed by atoms with Crippen molar-refractivity contribution in [3.05, 3.63) is 42.2 Å². The van der Waals surface area contributed by atoms with Crippen LogP contribution in [0.4, 0.5) is 13.2 Å². The number of carbonyl (C=O) groups excluding carboxylic acids is 2. The van der Waals surface area contributed by atoms with E-state index in [2.05, 4.69) is 16.4 Å². The molecule has 1 aliphatic carbocycles. The van der Waals surface area contributed by atoms with Gasteiger partial charge in [0.2, 0.25) is 11.8 Å². The van der Waals surface area contributed by atoms with Crippen LogP contribution in [-0.4, -0.2) is 54.3 Å². The van der Waals surface area contributed by atoms with Crippen molar-refractivity contribution in [1.29, 1.82) is 5.26 Å². The number of amides is 2. The van der Waals surface area contributed by atoms with E-state index < -0.39 is 50.9 Å². The summed E-state index contributed by atoms with van der Waals surface area (Å²) in [4.78, 5) is 32.7. The molecular weight excluding hydrogens is 535 g/mol. The molecule has 0 spiro atoms. The Kier molecular flexibility index (Phi) is 6.97. The standard InChI is InChI=1S/C26H30F3N5O4S/c1-24(2,3)21(33-39(37,38)26(27,28)29)23(36)34-13-17-19(25(17,4)5)20(34)22(35)32-18(10-30)16-12-31-11-14-8-6-7-9-15(14)16/h6-9,11-12,17-21,33H,13H2,1-5H3,(H,32,35)/t17-,18?,19-,20-,21?/m0/s1. The number of fused-ring (bicyclic) bond motifs is 2. The number of aromatic nitrogens is 1. The van der Waals surface area contributed by atoms with Crippen LogP contribution in [0.25, 0.3) is 10.8 Å². The molecule has 13 heteroatoms. The van der Waals surface area contributed by atoms with Gasteiger partial charge in [-0.25, -0.2) is 8.42 Å². The molecule has 2 N–H and O–H groups in total. The lowest BCUT2D eigenvalue weighted by Crippen LogP contribution is -2.60. The highest BCUT2D eigenvalue weighted by Gasteiger charge is 2.70. The second-order valence-corrected chi connectivity index (χ2v) is 13.5. The Hall–Kier alpha value is -3.24. The fourth-order valence-electron chi connectivity index (χ4n) is 5.58. The summed E-state index contributed by atoms with van der Waals surface area (Å²) in [5.41, 5.74) is -6.74. The zero-order valence-electron chi connectivity index (χ0n) is 22.1. The largest absolute Gasteiger partial charge is 0.511 e. The van der Waals surface area contributed by atoms with Gasteiger partial charge in [-0.1, -0.05) is 58.9 Å². The first-order valence-electron chi connectivity index (χ1n) is 12.3. The molecule has 2 heterocycles. The third kappa shape index (κ3) is 5.07. The van der Waals surface area contributed by atoms with Crippen molar-refractivity contribution in [2.45, 2.75) is 58.3 Å². The molecule has 1 saturated heterocycles. The van der Waals surface area contributed by atoms with Crippen LogP contribution < -0.4 is 10.0 Å². The third-order valence-corrected chi connectivity index (χ3v) is 9.03. The maximum Gasteiger partial charge on any atom is 0.511 e. The van der Waals surface area contributed by atoms with Gasteiger partial charge in [-0.05, 0) is 28.1 Å². The Morgan fingerprint density at radius 1 is 1.18 bits per heavy atom. The summed E-state index contributed by atoms with van der Waals surface area (Å²) in [6.07, 6.45) is 3.10. The molecule has 9 nitrogen and oxygen atoms in total. The summed E-state index contributed by atoms with van der Waals surface area (Å²) in [6.45, 7) is 8.22. The Balaban J connectivity index is 1.66. The van der Waals surface area contributed by atoms with Crippen LogP contribution in [0.5, 0.6) is 0 Å². The first-order valence-corrected chi connectivity index (χ1v) is 13.8. The SMILES string of the molecule is CC(C)(C)C(NS(=O)(=O)C(F)(F)F)C(=O)N1C[C@H]2[C@@H]([C@H]1C(=O)NC(C#N)c1cncc3ccccc13)C2(C)C. The minimum atomic E-state index is -5.85. The van der Waals surface area contributed by atoms with Crippen molar-refractivity contribution in [1.82, 2.24) is 19.9 Å². The zero-order valence-corrected chi connectivity index (χ0v) is 22.9. The summed E-state index contributed by atoms with van der Waals surface area (Å²) in [7, 11) is -5.85. The van der Waals surface area contributed by atoms with Crippen LogP contribution >= 0.6 is 0 Å². The van der Waals surface area contributed by atoms with E-state index in [1.54, 1.807) is 18.3 Å². The molecule has 5 atom stereocenters. The van der Waals surface area contributed by atoms with Crippen molar-refractivity contribution in [3.63, 3.8) is 0 Å². The number of pyridine rings is 1. The number of hydrogen-bond acceptors (Lipinski definition) is 6. The van der Waals surface area contributed by atoms with Crippen LogP contribution in [0.3, 0.4) is 0 Å². The van der Waals surface area contributed by atoms with Crippen LogP contribution in [0.1, 0.15) is 46.2 Å². The Morgan fingerprint density at radius 3 is 2.41 bits per heavy atom. The summed E-state index contributed by atoms with van der Waals surface area (Å²) >= 11 is 0. The fourth-order valence-corrected chi connectivity index (χ4v) is 6.47. The van der Waals surface area contributed by atoms with Crippen molar-refractivity contribution in [2.75, 3.05) is 6.54 Å². The van der Waals surface area contributed by atoms with Gasteiger partial charge in [-0.3, -0.25) is 14.6 Å². The highest BCUT2D eigenvalue weighted by atomic mass is 32.2. The van der Waals surface area contributed by atoms with Gasteiger partial charge in [0.05, 0.1) is 6.07 Å². The van der Waals surface area contributed by atoms with Gasteiger partial charge in [0, 0.05) is 29.9 Å². The molecule has 2 amide bonds. The lowest BCUT2D eigenvalue weighted by atomic mass is 9.86. The smallest absolute Gasteiger partial charge is 0.335 e. The van der Waals surface area contributed by atoms with E-state index in [9.17, 15) is 36.4 Å². The number of carbonyl (C=O) groups is 2. The van der Waals surface area contributed by atoms with E-state index in [1.807, 2.05) is 26.0 Å². The second-order valence-electron chi connectivity index (χ2n) is 11.8. The predicted octanol–water partition coefficient (Wildman–Crippen LogP) is 3.25. The normalized spacial score (nSPS) is 24.0. The lowest BCUT2D eigenvalue weighted by molar-refractivity contribution is -0.143. The minimum Gasteiger partial charge on any atom is -0.335 e. The van der Waals surface area contributed by atoms with E-state index >= 15 is 0 Å². The number of nitriles is 1. The number of alkyl halides is 3. The van der Waals surface area contributed by atoms with Crippen molar-refractivity contribution in [3.8, 4) is 6.07 Å². The zero-order chi connectivity index (χ0) is 29.1. The van der Waals surface area contributed by atoms with Crippen molar-refractivity contribution >= 4 is 32.6 Å². The molecule has 2 unspecified atom stereocenters. The van der Waals surface area contributed by atoms with Gasteiger partial charge in [-0.15, -0.1) is 0 Å². The number of piperidine rings is 1. The number of hydrogen-bond donors (Lipinski definition) is 2. The Labute approximate surface area is 224 Å². The van der Waals surface area contributed by atoms with Crippen molar-refractivity contribution < 1.29 is 31.2 Å². The summed E-state index contributed by atoms with van der Waals surface area (Å²) in [5, 5.41) is 14.1. The molecule has 0 bridgehead atoms. The summed E-state index contributed by atoms with van der Waals surface area (Å²) in [6, 6.07) is 5.25. The van der Waals surface area contributed by atoms with Crippen LogP contribution in [0.2, 0.25) is 0 Å². The number of likely N-dealkylation sites (tertiary alicyclic amines) is 1. The molecule has 4 rings (SSSR count). The highest BCUT2D eigenvalue weighted by molar-refractivity contribution is 7.90. The molecule has 0 radical (unpaired) electrons. The fraction of sp³-hybridized carbons (Fsp3) is 0.538. The van der Waals surface area contributed by atoms with E-state index in [0.29, 0.717) is 10.9 Å². The number of nitrogens with one attached hydrogen (secondary N) is 2. The summed E-state index contributed by atoms with van der Waals surface area (Å²) in [5.74, 6) is -2.01. The van der Waals surface area contributed by atoms with Gasteiger partial charge < -0.3 is 10.2 Å². The molecule has 1 aromatic heterocycles. The average molecular weight is 566 g/mol. The van der Waals surface area contributed by atoms with Crippen molar-refractivity contribution in [2.24, 2.45) is 22.7 Å². The van der Waals surface area contributed by atoms with Crippen LogP contribution in [0, 0.1) is 34.0 Å². The quantitative estimate of drug-likeness (QED) is 0.553. The maximum atomic E-state index is 13.7. The lowest BCUT2D eigenvalue weighted by Gasteiger charge is -2.37. The minimum absolute atomic E-state index is 0.0714. The van der Waals surface area contributed by atoms with Gasteiger partial charge in [0.15, 0.2) is 0 Å². The van der Waals surface area contributed by atoms with Gasteiger partial charge >= 0.3 is 15.5 Å². The Bertz CT molecular complexity index is 1460. The number of benzene rings is 1. The average Bonchev–Trinajstić information content (AvgIpc) is 3.16. The molecule has 2 fully saturated rings. The topological polar surface area (TPSA) is 132 Å². The maximum absolute atomic E-state index is 13.7. The molecule has 2 aliphatic rings. The Morgan fingerprint density at radius 2 is 1.82 bits per heavy atom. The number of nitrogens with zero attached hydrogens (tertiary/aromatic N) is 3. The molecule has 1 saturated carbocycles. The van der Waals surface area contributed by atoms with Crippen LogP contribution in [0.15, 0.2) is 36.7 Å². The molecular formula is C26H30F3N5O4S. The summed E-state index contributed by atoms with van der Waals surface area (Å²) < 4.78 is 64.9. The number of rotatable bonds is 6. The van der Waals surface area contributed by atoms with E-state index in [0.717, 1.165) is 10.3 Å².